The number of nitrogens with zero attached hydrogens (tertiary/aromatic N) is 2. The molecule has 1 atom stereocenters. The smallest absolute Gasteiger partial charge is 0.258 e. The lowest BCUT2D eigenvalue weighted by molar-refractivity contribution is 0.103. The summed E-state index contributed by atoms with van der Waals surface area (Å²) in [7, 11) is 1.89. The van der Waals surface area contributed by atoms with Crippen LogP contribution in [-0.4, -0.2) is 29.0 Å². The summed E-state index contributed by atoms with van der Waals surface area (Å²) in [6.45, 7) is 4.04. The Balaban J connectivity index is 0.00000243. The number of ketones is 1. The summed E-state index contributed by atoms with van der Waals surface area (Å²) in [5, 5.41) is 7.17. The number of benzene rings is 2. The van der Waals surface area contributed by atoms with Crippen LogP contribution in [0.3, 0.4) is 0 Å². The Morgan fingerprint density at radius 1 is 1.15 bits per heavy atom. The maximum Gasteiger partial charge on any atom is 0.258 e. The van der Waals surface area contributed by atoms with Crippen LogP contribution < -0.4 is 5.32 Å². The zero-order valence-corrected chi connectivity index (χ0v) is 15.8. The second-order valence-corrected chi connectivity index (χ2v) is 6.15. The van der Waals surface area contributed by atoms with E-state index in [9.17, 15) is 4.79 Å². The van der Waals surface area contributed by atoms with Gasteiger partial charge in [0.1, 0.15) is 0 Å². The molecule has 26 heavy (non-hydrogen) atoms. The molecule has 3 aromatic rings. The summed E-state index contributed by atoms with van der Waals surface area (Å²) in [6, 6.07) is 15.1. The second-order valence-electron chi connectivity index (χ2n) is 6.15. The van der Waals surface area contributed by atoms with Crippen molar-refractivity contribution in [1.82, 2.24) is 15.5 Å². The predicted octanol–water partition coefficient (Wildman–Crippen LogP) is 3.85. The first-order valence-electron chi connectivity index (χ1n) is 8.29. The van der Waals surface area contributed by atoms with Gasteiger partial charge in [-0.1, -0.05) is 53.2 Å². The van der Waals surface area contributed by atoms with Gasteiger partial charge in [-0.05, 0) is 27.0 Å². The highest BCUT2D eigenvalue weighted by Gasteiger charge is 2.19. The van der Waals surface area contributed by atoms with Gasteiger partial charge in [0.15, 0.2) is 11.6 Å². The number of hydrogen-bond donors (Lipinski definition) is 1. The quantitative estimate of drug-likeness (QED) is 0.666. The molecule has 0 aliphatic heterocycles. The summed E-state index contributed by atoms with van der Waals surface area (Å²) >= 11 is 0. The highest BCUT2D eigenvalue weighted by Crippen LogP contribution is 2.24. The standard InChI is InChI=1S/C20H21N3O2.ClH/c1-13-8-10-15(11-9-13)19(24)16-6-4-5-7-17(16)20-22-18(23-25-20)12-14(2)21-3;/h4-11,14,21H,12H2,1-3H3;1H. The first kappa shape index (κ1) is 19.8. The zero-order chi connectivity index (χ0) is 17.8. The maximum atomic E-state index is 12.9. The number of aromatic nitrogens is 2. The molecule has 1 heterocycles. The lowest BCUT2D eigenvalue weighted by Gasteiger charge is -2.06. The first-order valence-corrected chi connectivity index (χ1v) is 8.29. The highest BCUT2D eigenvalue weighted by molar-refractivity contribution is 6.12. The average molecular weight is 372 g/mol. The van der Waals surface area contributed by atoms with Crippen molar-refractivity contribution in [3.05, 3.63) is 71.0 Å². The third kappa shape index (κ3) is 4.36. The van der Waals surface area contributed by atoms with E-state index in [0.29, 0.717) is 34.8 Å². The number of halogens is 1. The topological polar surface area (TPSA) is 68.0 Å². The van der Waals surface area contributed by atoms with E-state index < -0.39 is 0 Å². The molecule has 0 amide bonds. The normalized spacial score (nSPS) is 11.7. The predicted molar refractivity (Wildman–Crippen MR) is 104 cm³/mol. The Bertz CT molecular complexity index is 875. The van der Waals surface area contributed by atoms with Crippen LogP contribution in [0.4, 0.5) is 0 Å². The van der Waals surface area contributed by atoms with Crippen molar-refractivity contribution in [2.24, 2.45) is 0 Å². The van der Waals surface area contributed by atoms with Gasteiger partial charge in [-0.3, -0.25) is 4.79 Å². The number of nitrogens with one attached hydrogen (secondary N) is 1. The molecular formula is C20H22ClN3O2. The molecular weight excluding hydrogens is 350 g/mol. The van der Waals surface area contributed by atoms with Gasteiger partial charge in [0.25, 0.3) is 5.89 Å². The Morgan fingerprint density at radius 3 is 2.54 bits per heavy atom. The molecule has 1 unspecified atom stereocenters. The molecule has 0 saturated heterocycles. The van der Waals surface area contributed by atoms with Crippen molar-refractivity contribution in [2.75, 3.05) is 7.05 Å². The van der Waals surface area contributed by atoms with Gasteiger partial charge in [0.2, 0.25) is 0 Å². The Kier molecular flexibility index (Phi) is 6.66. The third-order valence-corrected chi connectivity index (χ3v) is 4.17. The Morgan fingerprint density at radius 2 is 1.85 bits per heavy atom. The van der Waals surface area contributed by atoms with Crippen molar-refractivity contribution in [3.63, 3.8) is 0 Å². The fraction of sp³-hybridized carbons (Fsp3) is 0.250. The van der Waals surface area contributed by atoms with E-state index in [1.807, 2.05) is 63.4 Å². The number of aryl methyl sites for hydroxylation is 1. The molecule has 3 rings (SSSR count). The Labute approximate surface area is 159 Å². The second kappa shape index (κ2) is 8.74. The number of carbonyl (C=O) groups is 1. The highest BCUT2D eigenvalue weighted by atomic mass is 35.5. The molecule has 0 aliphatic carbocycles. The molecule has 0 spiro atoms. The Hall–Kier alpha value is -2.50. The fourth-order valence-electron chi connectivity index (χ4n) is 2.55. The summed E-state index contributed by atoms with van der Waals surface area (Å²) in [5.41, 5.74) is 2.97. The lowest BCUT2D eigenvalue weighted by Crippen LogP contribution is -2.24. The summed E-state index contributed by atoms with van der Waals surface area (Å²) in [6.07, 6.45) is 0.661. The number of carbonyl (C=O) groups excluding carboxylic acids is 1. The number of hydrogen-bond acceptors (Lipinski definition) is 5. The van der Waals surface area contributed by atoms with E-state index in [2.05, 4.69) is 15.5 Å². The molecule has 5 nitrogen and oxygen atoms in total. The summed E-state index contributed by atoms with van der Waals surface area (Å²) < 4.78 is 5.40. The molecule has 136 valence electrons. The van der Waals surface area contributed by atoms with Crippen LogP contribution in [0.15, 0.2) is 53.1 Å². The van der Waals surface area contributed by atoms with Crippen LogP contribution in [0.5, 0.6) is 0 Å². The van der Waals surface area contributed by atoms with E-state index in [1.54, 1.807) is 6.07 Å². The van der Waals surface area contributed by atoms with Crippen LogP contribution in [-0.2, 0) is 6.42 Å². The van der Waals surface area contributed by atoms with Crippen LogP contribution in [0.1, 0.15) is 34.2 Å². The summed E-state index contributed by atoms with van der Waals surface area (Å²) in [5.74, 6) is 0.933. The van der Waals surface area contributed by atoms with Gasteiger partial charge < -0.3 is 9.84 Å². The van der Waals surface area contributed by atoms with Crippen molar-refractivity contribution in [2.45, 2.75) is 26.3 Å². The molecule has 1 aromatic heterocycles. The van der Waals surface area contributed by atoms with Crippen LogP contribution >= 0.6 is 12.4 Å². The molecule has 0 bridgehead atoms. The maximum absolute atomic E-state index is 12.9. The summed E-state index contributed by atoms with van der Waals surface area (Å²) in [4.78, 5) is 17.3. The molecule has 2 aromatic carbocycles. The van der Waals surface area contributed by atoms with Gasteiger partial charge in [0.05, 0.1) is 5.56 Å². The van der Waals surface area contributed by atoms with Gasteiger partial charge in [-0.2, -0.15) is 4.98 Å². The number of likely N-dealkylation sites (N-methyl/N-ethyl adjacent to an activating group) is 1. The minimum Gasteiger partial charge on any atom is -0.334 e. The van der Waals surface area contributed by atoms with Crippen molar-refractivity contribution < 1.29 is 9.32 Å². The van der Waals surface area contributed by atoms with E-state index in [4.69, 9.17) is 4.52 Å². The van der Waals surface area contributed by atoms with Crippen LogP contribution in [0, 0.1) is 6.92 Å². The molecule has 0 fully saturated rings. The lowest BCUT2D eigenvalue weighted by atomic mass is 9.97. The zero-order valence-electron chi connectivity index (χ0n) is 15.0. The SMILES string of the molecule is CNC(C)Cc1noc(-c2ccccc2C(=O)c2ccc(C)cc2)n1.Cl. The van der Waals surface area contributed by atoms with Gasteiger partial charge >= 0.3 is 0 Å². The third-order valence-electron chi connectivity index (χ3n) is 4.17. The van der Waals surface area contributed by atoms with Crippen LogP contribution in [0.25, 0.3) is 11.5 Å². The molecule has 0 saturated carbocycles. The molecule has 1 N–H and O–H groups in total. The van der Waals surface area contributed by atoms with E-state index in [-0.39, 0.29) is 24.2 Å². The molecule has 0 aliphatic rings. The number of rotatable bonds is 6. The van der Waals surface area contributed by atoms with E-state index in [0.717, 1.165) is 5.56 Å². The van der Waals surface area contributed by atoms with Crippen LogP contribution in [0.2, 0.25) is 0 Å². The largest absolute Gasteiger partial charge is 0.334 e. The van der Waals surface area contributed by atoms with E-state index >= 15 is 0 Å². The van der Waals surface area contributed by atoms with Crippen molar-refractivity contribution in [3.8, 4) is 11.5 Å². The fourth-order valence-corrected chi connectivity index (χ4v) is 2.55. The van der Waals surface area contributed by atoms with Gasteiger partial charge in [-0.15, -0.1) is 12.4 Å². The van der Waals surface area contributed by atoms with Crippen molar-refractivity contribution in [1.29, 1.82) is 0 Å². The monoisotopic (exact) mass is 371 g/mol. The minimum absolute atomic E-state index is 0. The van der Waals surface area contributed by atoms with Gasteiger partial charge in [0, 0.05) is 23.6 Å². The average Bonchev–Trinajstić information content (AvgIpc) is 3.10. The molecule has 0 radical (unpaired) electrons. The minimum atomic E-state index is -0.0565. The van der Waals surface area contributed by atoms with Gasteiger partial charge in [-0.25, -0.2) is 0 Å². The first-order chi connectivity index (χ1) is 12.1. The van der Waals surface area contributed by atoms with Crippen molar-refractivity contribution >= 4 is 18.2 Å². The van der Waals surface area contributed by atoms with E-state index in [1.165, 1.54) is 0 Å². The molecule has 6 heteroatoms.